The molecule has 0 aliphatic carbocycles. The number of carbonyl (C=O) groups is 1. The van der Waals surface area contributed by atoms with Gasteiger partial charge in [0, 0.05) is 21.7 Å². The van der Waals surface area contributed by atoms with E-state index in [1.807, 2.05) is 6.26 Å². The Morgan fingerprint density at radius 1 is 1.36 bits per heavy atom. The molecule has 0 saturated carbocycles. The lowest BCUT2D eigenvalue weighted by Crippen LogP contribution is -2.25. The Morgan fingerprint density at radius 3 is 2.79 bits per heavy atom. The van der Waals surface area contributed by atoms with Crippen molar-refractivity contribution in [3.8, 4) is 5.95 Å². The van der Waals surface area contributed by atoms with Crippen LogP contribution in [0.3, 0.4) is 0 Å². The maximum absolute atomic E-state index is 13.0. The average molecular weight is 427 g/mol. The van der Waals surface area contributed by atoms with Crippen LogP contribution in [-0.4, -0.2) is 36.9 Å². The second kappa shape index (κ2) is 8.04. The van der Waals surface area contributed by atoms with Crippen molar-refractivity contribution < 1.29 is 18.0 Å². The molecule has 144 valence electrons. The molecule has 0 bridgehead atoms. The molecule has 0 radical (unpaired) electrons. The molecule has 12 heteroatoms. The van der Waals surface area contributed by atoms with E-state index in [9.17, 15) is 18.0 Å². The Hall–Kier alpha value is -2.84. The van der Waals surface area contributed by atoms with Crippen molar-refractivity contribution in [2.45, 2.75) is 17.6 Å². The van der Waals surface area contributed by atoms with Gasteiger partial charge in [0.05, 0.1) is 12.7 Å². The van der Waals surface area contributed by atoms with Gasteiger partial charge < -0.3 is 5.32 Å². The molecular weight excluding hydrogens is 417 g/mol. The third-order valence-corrected chi connectivity index (χ3v) is 4.28. The van der Waals surface area contributed by atoms with E-state index in [-0.39, 0.29) is 23.9 Å². The van der Waals surface area contributed by atoms with Gasteiger partial charge in [0.2, 0.25) is 0 Å². The van der Waals surface area contributed by atoms with Crippen molar-refractivity contribution in [2.24, 2.45) is 0 Å². The zero-order valence-electron chi connectivity index (χ0n) is 14.1. The summed E-state index contributed by atoms with van der Waals surface area (Å²) in [6, 6.07) is 7.19. The van der Waals surface area contributed by atoms with Crippen molar-refractivity contribution in [1.82, 2.24) is 30.0 Å². The summed E-state index contributed by atoms with van der Waals surface area (Å²) >= 11 is 7.38. The number of rotatable bonds is 5. The minimum absolute atomic E-state index is 0.182. The minimum Gasteiger partial charge on any atom is -0.345 e. The molecular formula is C16H10ClF3N6OS. The van der Waals surface area contributed by atoms with Crippen molar-refractivity contribution in [3.63, 3.8) is 0 Å². The Balaban J connectivity index is 1.86. The molecule has 7 nitrogen and oxygen atoms in total. The van der Waals surface area contributed by atoms with Crippen LogP contribution in [-0.2, 0) is 12.7 Å². The van der Waals surface area contributed by atoms with Crippen LogP contribution in [0.4, 0.5) is 13.2 Å². The van der Waals surface area contributed by atoms with Gasteiger partial charge in [0.1, 0.15) is 0 Å². The molecule has 0 spiro atoms. The van der Waals surface area contributed by atoms with Gasteiger partial charge in [-0.05, 0) is 30.5 Å². The number of thioether (sulfide) groups is 1. The number of nitrogens with one attached hydrogen (secondary N) is 1. The minimum atomic E-state index is -4.77. The fourth-order valence-electron chi connectivity index (χ4n) is 2.14. The number of hydrogen-bond donors (Lipinski definition) is 1. The van der Waals surface area contributed by atoms with Crippen LogP contribution < -0.4 is 5.32 Å². The van der Waals surface area contributed by atoms with Crippen molar-refractivity contribution in [1.29, 1.82) is 0 Å². The Morgan fingerprint density at radius 2 is 2.14 bits per heavy atom. The Bertz CT molecular complexity index is 996. The monoisotopic (exact) mass is 426 g/mol. The van der Waals surface area contributed by atoms with E-state index in [1.54, 1.807) is 12.1 Å². The summed E-state index contributed by atoms with van der Waals surface area (Å²) in [5.74, 6) is -2.29. The Labute approximate surface area is 166 Å². The lowest BCUT2D eigenvalue weighted by molar-refractivity contribution is -0.144. The summed E-state index contributed by atoms with van der Waals surface area (Å²) in [7, 11) is 0. The van der Waals surface area contributed by atoms with E-state index >= 15 is 0 Å². The van der Waals surface area contributed by atoms with Gasteiger partial charge in [-0.15, -0.1) is 16.9 Å². The quantitative estimate of drug-likeness (QED) is 0.631. The standard InChI is InChI=1S/C16H10ClF3N6OS/c1-28-11-6-9(5-10(17)7-11)13(27)23-8-12-24-14(16(18,19)20)25-26(12)15-21-3-2-4-22-15/h3,5-7H,8H2,1H3,(H,23,27). The fraction of sp³-hybridized carbons (Fsp3) is 0.188. The summed E-state index contributed by atoms with van der Waals surface area (Å²) in [5, 5.41) is 6.25. The summed E-state index contributed by atoms with van der Waals surface area (Å²) in [6.45, 7) is -0.342. The highest BCUT2D eigenvalue weighted by Crippen LogP contribution is 2.27. The van der Waals surface area contributed by atoms with E-state index in [4.69, 9.17) is 11.6 Å². The molecule has 0 aliphatic rings. The number of hydrogen-bond acceptors (Lipinski definition) is 6. The van der Waals surface area contributed by atoms with Gasteiger partial charge in [0.15, 0.2) is 5.82 Å². The number of alkyl halides is 3. The van der Waals surface area contributed by atoms with E-state index < -0.39 is 17.9 Å². The zero-order chi connectivity index (χ0) is 20.3. The highest BCUT2D eigenvalue weighted by Gasteiger charge is 2.37. The molecule has 1 aromatic carbocycles. The average Bonchev–Trinajstić information content (AvgIpc) is 3.11. The summed E-state index contributed by atoms with van der Waals surface area (Å²) in [6.07, 6.45) is 0.562. The highest BCUT2D eigenvalue weighted by atomic mass is 35.5. The van der Waals surface area contributed by atoms with Gasteiger partial charge in [-0.2, -0.15) is 22.8 Å². The molecule has 3 aromatic rings. The number of halogens is 4. The van der Waals surface area contributed by atoms with Gasteiger partial charge in [-0.1, -0.05) is 11.6 Å². The third-order valence-electron chi connectivity index (χ3n) is 3.36. The van der Waals surface area contributed by atoms with E-state index in [0.29, 0.717) is 5.02 Å². The van der Waals surface area contributed by atoms with Crippen LogP contribution >= 0.6 is 23.4 Å². The van der Waals surface area contributed by atoms with E-state index in [0.717, 1.165) is 9.58 Å². The Kier molecular flexibility index (Phi) is 5.71. The molecule has 28 heavy (non-hydrogen) atoms. The maximum Gasteiger partial charge on any atom is 0.453 e. The third kappa shape index (κ3) is 4.52. The SMILES string of the molecule is CSc1cc(Cl)cc(C(=O)NCc2nc(C(F)(F)F)nn2-c2nc#ccn2)c1. The number of amides is 1. The second-order valence-electron chi connectivity index (χ2n) is 5.25. The number of carbonyl (C=O) groups excluding carboxylic acids is 1. The predicted molar refractivity (Wildman–Crippen MR) is 94.0 cm³/mol. The number of aromatic nitrogens is 5. The summed E-state index contributed by atoms with van der Waals surface area (Å²) < 4.78 is 39.8. The van der Waals surface area contributed by atoms with Crippen LogP contribution in [0.5, 0.6) is 0 Å². The largest absolute Gasteiger partial charge is 0.453 e. The van der Waals surface area contributed by atoms with E-state index in [1.165, 1.54) is 24.0 Å². The first-order valence-electron chi connectivity index (χ1n) is 7.55. The molecule has 1 N–H and O–H groups in total. The molecule has 1 amide bonds. The summed E-state index contributed by atoms with van der Waals surface area (Å²) in [4.78, 5) is 24.1. The first-order valence-corrected chi connectivity index (χ1v) is 9.15. The van der Waals surface area contributed by atoms with Gasteiger partial charge in [-0.3, -0.25) is 4.79 Å². The molecule has 0 fully saturated rings. The van der Waals surface area contributed by atoms with E-state index in [2.05, 4.69) is 37.6 Å². The smallest absolute Gasteiger partial charge is 0.345 e. The molecule has 0 unspecified atom stereocenters. The highest BCUT2D eigenvalue weighted by molar-refractivity contribution is 7.98. The molecule has 0 atom stereocenters. The van der Waals surface area contributed by atoms with Crippen molar-refractivity contribution in [2.75, 3.05) is 6.26 Å². The first-order chi connectivity index (χ1) is 13.3. The van der Waals surface area contributed by atoms with Crippen molar-refractivity contribution in [3.05, 3.63) is 58.9 Å². The first kappa shape index (κ1) is 19.9. The van der Waals surface area contributed by atoms with Gasteiger partial charge >= 0.3 is 6.18 Å². The molecule has 2 aromatic heterocycles. The molecule has 3 rings (SSSR count). The van der Waals surface area contributed by atoms with Crippen LogP contribution in [0.2, 0.25) is 5.02 Å². The molecule has 0 saturated heterocycles. The van der Waals surface area contributed by atoms with Crippen LogP contribution in [0, 0.1) is 12.3 Å². The van der Waals surface area contributed by atoms with Gasteiger partial charge in [-0.25, -0.2) is 9.97 Å². The van der Waals surface area contributed by atoms with Crippen LogP contribution in [0.15, 0.2) is 29.3 Å². The normalized spacial score (nSPS) is 11.2. The number of benzene rings is 1. The topological polar surface area (TPSA) is 85.6 Å². The van der Waals surface area contributed by atoms with Crippen molar-refractivity contribution >= 4 is 29.3 Å². The van der Waals surface area contributed by atoms with Crippen LogP contribution in [0.1, 0.15) is 22.0 Å². The lowest BCUT2D eigenvalue weighted by atomic mass is 10.2. The molecule has 0 aliphatic heterocycles. The van der Waals surface area contributed by atoms with Crippen LogP contribution in [0.25, 0.3) is 5.95 Å². The van der Waals surface area contributed by atoms with Gasteiger partial charge in [0.25, 0.3) is 17.7 Å². The number of nitrogens with zero attached hydrogens (tertiary/aromatic N) is 5. The predicted octanol–water partition coefficient (Wildman–Crippen LogP) is 2.98. The lowest BCUT2D eigenvalue weighted by Gasteiger charge is -2.07. The zero-order valence-corrected chi connectivity index (χ0v) is 15.7. The fourth-order valence-corrected chi connectivity index (χ4v) is 2.93. The second-order valence-corrected chi connectivity index (χ2v) is 6.57. The maximum atomic E-state index is 13.0. The summed E-state index contributed by atoms with van der Waals surface area (Å²) in [5.41, 5.74) is 0.262. The molecule has 2 heterocycles.